The SMILES string of the molecule is CC(C)Oc1ccc(Oc2ncc(-c3cc(C(C)N4C(=O)c5ccccc5C4=O)on3)s2)cc1. The normalized spacial score (nSPS) is 13.9. The van der Waals surface area contributed by atoms with Gasteiger partial charge in [0.1, 0.15) is 17.2 Å². The van der Waals surface area contributed by atoms with Crippen molar-refractivity contribution in [3.05, 3.63) is 77.7 Å². The molecule has 5 rings (SSSR count). The van der Waals surface area contributed by atoms with Gasteiger partial charge >= 0.3 is 0 Å². The Morgan fingerprint density at radius 2 is 1.59 bits per heavy atom. The number of thiazole rings is 1. The number of nitrogens with zero attached hydrogens (tertiary/aromatic N) is 3. The maximum atomic E-state index is 12.8. The van der Waals surface area contributed by atoms with Gasteiger partial charge in [0.25, 0.3) is 17.0 Å². The molecule has 0 spiro atoms. The molecule has 1 aliphatic rings. The lowest BCUT2D eigenvalue weighted by Crippen LogP contribution is -2.32. The van der Waals surface area contributed by atoms with Crippen molar-refractivity contribution in [2.75, 3.05) is 0 Å². The van der Waals surface area contributed by atoms with Gasteiger partial charge in [-0.2, -0.15) is 0 Å². The molecule has 0 fully saturated rings. The minimum absolute atomic E-state index is 0.0976. The molecule has 0 N–H and O–H groups in total. The number of benzene rings is 2. The van der Waals surface area contributed by atoms with Gasteiger partial charge in [0.2, 0.25) is 0 Å². The summed E-state index contributed by atoms with van der Waals surface area (Å²) in [6.07, 6.45) is 1.74. The minimum Gasteiger partial charge on any atom is -0.491 e. The fourth-order valence-corrected chi connectivity index (χ4v) is 4.41. The Balaban J connectivity index is 1.29. The molecule has 1 aliphatic heterocycles. The van der Waals surface area contributed by atoms with Gasteiger partial charge in [-0.05, 0) is 57.2 Å². The lowest BCUT2D eigenvalue weighted by atomic mass is 10.1. The zero-order valence-electron chi connectivity index (χ0n) is 18.7. The van der Waals surface area contributed by atoms with E-state index >= 15 is 0 Å². The quantitative estimate of drug-likeness (QED) is 0.315. The molecule has 2 amide bonds. The summed E-state index contributed by atoms with van der Waals surface area (Å²) in [4.78, 5) is 31.8. The zero-order valence-corrected chi connectivity index (χ0v) is 19.5. The van der Waals surface area contributed by atoms with Crippen LogP contribution < -0.4 is 9.47 Å². The Bertz CT molecular complexity index is 1320. The van der Waals surface area contributed by atoms with Crippen molar-refractivity contribution in [3.8, 4) is 27.3 Å². The summed E-state index contributed by atoms with van der Waals surface area (Å²) in [6, 6.07) is 15.2. The molecule has 0 bridgehead atoms. The lowest BCUT2D eigenvalue weighted by Gasteiger charge is -2.19. The van der Waals surface area contributed by atoms with E-state index in [1.54, 1.807) is 43.5 Å². The average Bonchev–Trinajstić information content (AvgIpc) is 3.54. The van der Waals surface area contributed by atoms with Crippen molar-refractivity contribution in [2.24, 2.45) is 0 Å². The number of ether oxygens (including phenoxy) is 2. The van der Waals surface area contributed by atoms with Crippen LogP contribution in [0.2, 0.25) is 0 Å². The molecule has 2 aromatic heterocycles. The molecule has 0 saturated heterocycles. The topological polar surface area (TPSA) is 94.8 Å². The van der Waals surface area contributed by atoms with Crippen molar-refractivity contribution in [3.63, 3.8) is 0 Å². The van der Waals surface area contributed by atoms with Crippen molar-refractivity contribution in [1.82, 2.24) is 15.0 Å². The second-order valence-corrected chi connectivity index (χ2v) is 9.04. The summed E-state index contributed by atoms with van der Waals surface area (Å²) >= 11 is 1.31. The molecule has 1 unspecified atom stereocenters. The van der Waals surface area contributed by atoms with E-state index in [1.165, 1.54) is 16.2 Å². The molecule has 172 valence electrons. The summed E-state index contributed by atoms with van der Waals surface area (Å²) in [5, 5.41) is 4.56. The first-order chi connectivity index (χ1) is 16.4. The van der Waals surface area contributed by atoms with Gasteiger partial charge in [0.15, 0.2) is 5.76 Å². The number of imide groups is 1. The molecule has 2 aromatic carbocycles. The van der Waals surface area contributed by atoms with Gasteiger partial charge in [-0.3, -0.25) is 14.5 Å². The highest BCUT2D eigenvalue weighted by molar-refractivity contribution is 7.16. The first kappa shape index (κ1) is 21.8. The maximum Gasteiger partial charge on any atom is 0.279 e. The van der Waals surface area contributed by atoms with Crippen LogP contribution in [0.25, 0.3) is 10.6 Å². The highest BCUT2D eigenvalue weighted by atomic mass is 32.1. The third kappa shape index (κ3) is 4.06. The molecule has 3 heterocycles. The first-order valence-corrected chi connectivity index (χ1v) is 11.6. The summed E-state index contributed by atoms with van der Waals surface area (Å²) in [5.41, 5.74) is 1.34. The molecule has 1 atom stereocenters. The highest BCUT2D eigenvalue weighted by Gasteiger charge is 2.40. The van der Waals surface area contributed by atoms with Crippen LogP contribution in [-0.2, 0) is 0 Å². The summed E-state index contributed by atoms with van der Waals surface area (Å²) in [7, 11) is 0. The number of aromatic nitrogens is 2. The van der Waals surface area contributed by atoms with E-state index in [2.05, 4.69) is 10.1 Å². The maximum absolute atomic E-state index is 12.8. The molecule has 4 aromatic rings. The van der Waals surface area contributed by atoms with Crippen molar-refractivity contribution in [1.29, 1.82) is 0 Å². The van der Waals surface area contributed by atoms with Gasteiger partial charge < -0.3 is 14.0 Å². The van der Waals surface area contributed by atoms with E-state index in [4.69, 9.17) is 14.0 Å². The van der Waals surface area contributed by atoms with Crippen molar-refractivity contribution in [2.45, 2.75) is 32.9 Å². The Labute approximate surface area is 199 Å². The fraction of sp³-hybridized carbons (Fsp3) is 0.200. The van der Waals surface area contributed by atoms with Crippen LogP contribution >= 0.6 is 11.3 Å². The van der Waals surface area contributed by atoms with E-state index in [9.17, 15) is 9.59 Å². The Kier molecular flexibility index (Phi) is 5.62. The molecular weight excluding hydrogens is 454 g/mol. The standard InChI is InChI=1S/C25H21N3O5S/c1-14(2)31-16-8-10-17(11-9-16)32-25-26-13-22(34-25)20-12-21(33-27-20)15(3)28-23(29)18-6-4-5-7-19(18)24(28)30/h4-15H,1-3H3. The minimum atomic E-state index is -0.608. The number of carbonyl (C=O) groups is 2. The van der Waals surface area contributed by atoms with Gasteiger partial charge in [-0.25, -0.2) is 4.98 Å². The molecule has 8 nitrogen and oxygen atoms in total. The second kappa shape index (κ2) is 8.75. The van der Waals surface area contributed by atoms with Crippen LogP contribution in [0.4, 0.5) is 0 Å². The van der Waals surface area contributed by atoms with Crippen LogP contribution in [0.1, 0.15) is 53.3 Å². The first-order valence-electron chi connectivity index (χ1n) is 10.7. The highest BCUT2D eigenvalue weighted by Crippen LogP contribution is 2.36. The van der Waals surface area contributed by atoms with Crippen LogP contribution in [-0.4, -0.2) is 33.0 Å². The van der Waals surface area contributed by atoms with Crippen LogP contribution in [0.5, 0.6) is 16.7 Å². The number of fused-ring (bicyclic) bond motifs is 1. The monoisotopic (exact) mass is 475 g/mol. The molecule has 0 aliphatic carbocycles. The average molecular weight is 476 g/mol. The third-order valence-corrected chi connectivity index (χ3v) is 6.19. The largest absolute Gasteiger partial charge is 0.491 e. The van der Waals surface area contributed by atoms with Crippen molar-refractivity contribution >= 4 is 23.2 Å². The third-order valence-electron chi connectivity index (χ3n) is 5.29. The number of hydrogen-bond donors (Lipinski definition) is 0. The predicted molar refractivity (Wildman–Crippen MR) is 125 cm³/mol. The van der Waals surface area contributed by atoms with E-state index in [1.807, 2.05) is 38.1 Å². The molecule has 0 radical (unpaired) electrons. The van der Waals surface area contributed by atoms with E-state index in [0.29, 0.717) is 33.5 Å². The predicted octanol–water partition coefficient (Wildman–Crippen LogP) is 5.73. The van der Waals surface area contributed by atoms with Gasteiger partial charge in [0, 0.05) is 6.07 Å². The molecule has 34 heavy (non-hydrogen) atoms. The smallest absolute Gasteiger partial charge is 0.279 e. The summed E-state index contributed by atoms with van der Waals surface area (Å²) in [6.45, 7) is 5.68. The Morgan fingerprint density at radius 1 is 0.941 bits per heavy atom. The van der Waals surface area contributed by atoms with Gasteiger partial charge in [-0.1, -0.05) is 28.6 Å². The molecule has 0 saturated carbocycles. The number of rotatable bonds is 7. The summed E-state index contributed by atoms with van der Waals surface area (Å²) in [5.74, 6) is 1.12. The van der Waals surface area contributed by atoms with E-state index < -0.39 is 6.04 Å². The lowest BCUT2D eigenvalue weighted by molar-refractivity contribution is 0.0573. The van der Waals surface area contributed by atoms with Crippen LogP contribution in [0, 0.1) is 0 Å². The van der Waals surface area contributed by atoms with Gasteiger partial charge in [-0.15, -0.1) is 0 Å². The molecule has 9 heteroatoms. The van der Waals surface area contributed by atoms with Crippen LogP contribution in [0.3, 0.4) is 0 Å². The van der Waals surface area contributed by atoms with E-state index in [0.717, 1.165) is 10.6 Å². The number of hydrogen-bond acceptors (Lipinski definition) is 8. The number of amides is 2. The van der Waals surface area contributed by atoms with Crippen LogP contribution in [0.15, 0.2) is 65.3 Å². The Morgan fingerprint density at radius 3 is 2.24 bits per heavy atom. The summed E-state index contributed by atoms with van der Waals surface area (Å²) < 4.78 is 17.0. The number of carbonyl (C=O) groups excluding carboxylic acids is 2. The van der Waals surface area contributed by atoms with E-state index in [-0.39, 0.29) is 17.9 Å². The zero-order chi connectivity index (χ0) is 23.8. The fourth-order valence-electron chi connectivity index (χ4n) is 3.67. The second-order valence-electron chi connectivity index (χ2n) is 8.05. The molecular formula is C25H21N3O5S. The van der Waals surface area contributed by atoms with Crippen molar-refractivity contribution < 1.29 is 23.6 Å². The Hall–Kier alpha value is -3.98. The van der Waals surface area contributed by atoms with Gasteiger partial charge in [0.05, 0.1) is 34.3 Å².